The minimum atomic E-state index is -2.47. The number of carboxylic acid groups (broad SMARTS) is 1. The number of hydrogen-bond donors (Lipinski definition) is 13. The molecule has 3 saturated heterocycles. The predicted molar refractivity (Wildman–Crippen MR) is 286 cm³/mol. The summed E-state index contributed by atoms with van der Waals surface area (Å²) < 4.78 is 41.0. The van der Waals surface area contributed by atoms with Crippen LogP contribution in [0.5, 0.6) is 0 Å². The van der Waals surface area contributed by atoms with E-state index in [0.717, 1.165) is 12.5 Å². The highest BCUT2D eigenvalue weighted by Crippen LogP contribution is 2.41. The normalized spacial score (nSPS) is 40.3. The Morgan fingerprint density at radius 2 is 1.40 bits per heavy atom. The van der Waals surface area contributed by atoms with E-state index in [1.165, 1.54) is 6.08 Å². The minimum absolute atomic E-state index is 0.0265. The van der Waals surface area contributed by atoms with Crippen molar-refractivity contribution in [2.75, 3.05) is 0 Å². The van der Waals surface area contributed by atoms with E-state index < -0.39 is 194 Å². The number of rotatable bonds is 15. The summed E-state index contributed by atoms with van der Waals surface area (Å²) in [6, 6.07) is 0. The second-order valence-corrected chi connectivity index (χ2v) is 23.9. The number of carboxylic acids is 1. The zero-order chi connectivity index (χ0) is 60.6. The standard InChI is InChI=1S/C57H98O24/c1-9-10-16-46(67)78-44-25-49(76-34(8)52(44)72)75-33(7)29(3)50(70)30(4)51(71)31(5)53-32(6)54-55(80-54)41(62)15-12-14-39(77-48(69)26-45(65)66)22-38(61)23-40-24-42(63)56(73)57(74,81-40)27-43(64)28(2)18-19-36(59)21-37(60)20-35(58)13-11-17-47(68)79-53/h11,17,28-44,49-56,58-64,70-74H,9-10,12-16,18-27H2,1-8H3,(H,65,66)/b17-11+/t28?,29?,30?,31?,32?,33?,34-,35?,36?,37?,38?,39?,40?,41?,42?,43?,44-,49+,50?,51?,52+,53?,54?,55?,56?,57?/m0/s1. The summed E-state index contributed by atoms with van der Waals surface area (Å²) in [5.41, 5.74) is 0. The Bertz CT molecular complexity index is 1940. The molecule has 22 unspecified atom stereocenters. The molecule has 2 bridgehead atoms. The molecule has 4 rings (SSSR count). The van der Waals surface area contributed by atoms with Crippen LogP contribution in [-0.4, -0.2) is 218 Å². The SMILES string of the molecule is CCCCC(=O)O[C@H]1C[C@H](OC(C)C(C)C(O)C(C)C(O)C(C)C2OC(=O)/C=C/CC(O)CC(O)CC(O)CCC(C)C(O)CC3(O)OC(CC(O)CC(OC(=O)CC(=O)O)CCCC(O)C4OC4C2C)CC(O)C3O)O[C@@H](C)[C@H]1O. The smallest absolute Gasteiger partial charge is 0.330 e. The van der Waals surface area contributed by atoms with Crippen molar-refractivity contribution in [3.8, 4) is 0 Å². The van der Waals surface area contributed by atoms with E-state index in [9.17, 15) is 85.6 Å². The van der Waals surface area contributed by atoms with Crippen molar-refractivity contribution in [3.63, 3.8) is 0 Å². The molecule has 0 radical (unpaired) electrons. The molecule has 0 spiro atoms. The zero-order valence-corrected chi connectivity index (χ0v) is 48.4. The number of aliphatic hydroxyl groups excluding tert-OH is 11. The number of hydrogen-bond acceptors (Lipinski definition) is 23. The van der Waals surface area contributed by atoms with Gasteiger partial charge in [-0.25, -0.2) is 4.79 Å². The van der Waals surface area contributed by atoms with Crippen molar-refractivity contribution in [1.82, 2.24) is 0 Å². The van der Waals surface area contributed by atoms with Gasteiger partial charge >= 0.3 is 23.9 Å². The summed E-state index contributed by atoms with van der Waals surface area (Å²) in [6.45, 7) is 13.6. The van der Waals surface area contributed by atoms with Gasteiger partial charge in [0, 0.05) is 61.9 Å². The Kier molecular flexibility index (Phi) is 28.7. The lowest BCUT2D eigenvalue weighted by atomic mass is 9.77. The van der Waals surface area contributed by atoms with E-state index in [-0.39, 0.29) is 83.5 Å². The number of aliphatic carboxylic acids is 1. The molecule has 4 aliphatic heterocycles. The maximum Gasteiger partial charge on any atom is 0.330 e. The summed E-state index contributed by atoms with van der Waals surface area (Å²) in [5.74, 6) is -10.0. The van der Waals surface area contributed by atoms with Crippen LogP contribution in [0.15, 0.2) is 12.2 Å². The molecular formula is C57H98O24. The maximum atomic E-state index is 13.6. The van der Waals surface area contributed by atoms with Gasteiger partial charge in [0.1, 0.15) is 43.0 Å². The molecule has 4 heterocycles. The molecule has 13 N–H and O–H groups in total. The third-order valence-corrected chi connectivity index (χ3v) is 16.9. The molecule has 81 heavy (non-hydrogen) atoms. The summed E-state index contributed by atoms with van der Waals surface area (Å²) in [4.78, 5) is 50.0. The van der Waals surface area contributed by atoms with Gasteiger partial charge in [-0.05, 0) is 84.0 Å². The Morgan fingerprint density at radius 3 is 2.06 bits per heavy atom. The van der Waals surface area contributed by atoms with Crippen LogP contribution in [0, 0.1) is 29.6 Å². The summed E-state index contributed by atoms with van der Waals surface area (Å²) in [6.07, 6.45) is -20.3. The number of cyclic esters (lactones) is 1. The van der Waals surface area contributed by atoms with Crippen molar-refractivity contribution >= 4 is 23.9 Å². The van der Waals surface area contributed by atoms with Crippen molar-refractivity contribution in [1.29, 1.82) is 0 Å². The first kappa shape index (κ1) is 70.5. The van der Waals surface area contributed by atoms with Crippen LogP contribution in [0.3, 0.4) is 0 Å². The van der Waals surface area contributed by atoms with Crippen LogP contribution in [0.1, 0.15) is 165 Å². The average Bonchev–Trinajstić information content (AvgIpc) is 4.22. The Balaban J connectivity index is 1.53. The number of fused-ring (bicyclic) bond motifs is 3. The zero-order valence-electron chi connectivity index (χ0n) is 48.4. The number of aliphatic hydroxyl groups is 12. The lowest BCUT2D eigenvalue weighted by Gasteiger charge is -2.45. The third-order valence-electron chi connectivity index (χ3n) is 16.9. The fraction of sp³-hybridized carbons (Fsp3) is 0.895. The Hall–Kier alpha value is -3.02. The number of carbonyl (C=O) groups is 4. The molecule has 0 amide bonds. The van der Waals surface area contributed by atoms with Gasteiger partial charge in [0.05, 0.1) is 79.4 Å². The van der Waals surface area contributed by atoms with Crippen molar-refractivity contribution in [3.05, 3.63) is 12.2 Å². The third kappa shape index (κ3) is 22.1. The van der Waals surface area contributed by atoms with Crippen LogP contribution in [0.4, 0.5) is 0 Å². The molecule has 0 aromatic carbocycles. The van der Waals surface area contributed by atoms with Gasteiger partial charge in [-0.15, -0.1) is 0 Å². The van der Waals surface area contributed by atoms with Crippen LogP contribution in [-0.2, 0) is 52.3 Å². The fourth-order valence-electron chi connectivity index (χ4n) is 11.5. The lowest BCUT2D eigenvalue weighted by Crippen LogP contribution is -2.59. The van der Waals surface area contributed by atoms with Crippen molar-refractivity contribution in [2.24, 2.45) is 29.6 Å². The highest BCUT2D eigenvalue weighted by Gasteiger charge is 2.53. The molecule has 3 fully saturated rings. The van der Waals surface area contributed by atoms with Gasteiger partial charge in [0.2, 0.25) is 0 Å². The molecule has 0 aliphatic carbocycles. The van der Waals surface area contributed by atoms with Crippen LogP contribution in [0.2, 0.25) is 0 Å². The van der Waals surface area contributed by atoms with Gasteiger partial charge in [-0.3, -0.25) is 14.4 Å². The number of esters is 3. The Labute approximate surface area is 475 Å². The number of carbonyl (C=O) groups excluding carboxylic acids is 3. The molecule has 0 aromatic heterocycles. The average molecular weight is 1170 g/mol. The molecule has 24 nitrogen and oxygen atoms in total. The van der Waals surface area contributed by atoms with E-state index >= 15 is 0 Å². The second kappa shape index (κ2) is 33.0. The quantitative estimate of drug-likeness (QED) is 0.0474. The van der Waals surface area contributed by atoms with Gasteiger partial charge in [-0.2, -0.15) is 0 Å². The highest BCUT2D eigenvalue weighted by molar-refractivity contribution is 5.90. The van der Waals surface area contributed by atoms with Gasteiger partial charge in [0.15, 0.2) is 12.1 Å². The van der Waals surface area contributed by atoms with Gasteiger partial charge < -0.3 is 99.5 Å². The predicted octanol–water partition coefficient (Wildman–Crippen LogP) is 1.18. The van der Waals surface area contributed by atoms with E-state index in [4.69, 9.17) is 33.2 Å². The molecule has 0 aromatic rings. The van der Waals surface area contributed by atoms with Crippen molar-refractivity contribution in [2.45, 2.75) is 293 Å². The number of unbranched alkanes of at least 4 members (excludes halogenated alkanes) is 1. The maximum absolute atomic E-state index is 13.6. The monoisotopic (exact) mass is 1170 g/mol. The molecule has 24 heteroatoms. The topological polar surface area (TPSA) is 399 Å². The Morgan fingerprint density at radius 1 is 0.728 bits per heavy atom. The fourth-order valence-corrected chi connectivity index (χ4v) is 11.5. The molecule has 4 aliphatic rings. The summed E-state index contributed by atoms with van der Waals surface area (Å²) in [7, 11) is 0. The molecular weight excluding hydrogens is 1070 g/mol. The lowest BCUT2D eigenvalue weighted by molar-refractivity contribution is -0.333. The first-order valence-electron chi connectivity index (χ1n) is 29.3. The van der Waals surface area contributed by atoms with E-state index in [1.54, 1.807) is 48.5 Å². The van der Waals surface area contributed by atoms with Crippen LogP contribution < -0.4 is 0 Å². The molecule has 0 saturated carbocycles. The van der Waals surface area contributed by atoms with Gasteiger partial charge in [0.25, 0.3) is 0 Å². The molecule has 26 atom stereocenters. The summed E-state index contributed by atoms with van der Waals surface area (Å²) in [5, 5.41) is 143. The number of epoxide rings is 1. The molecule has 470 valence electrons. The van der Waals surface area contributed by atoms with Gasteiger partial charge in [-0.1, -0.05) is 54.0 Å². The van der Waals surface area contributed by atoms with E-state index in [0.29, 0.717) is 6.42 Å². The second-order valence-electron chi connectivity index (χ2n) is 23.9. The largest absolute Gasteiger partial charge is 0.481 e. The summed E-state index contributed by atoms with van der Waals surface area (Å²) >= 11 is 0. The highest BCUT2D eigenvalue weighted by atomic mass is 16.7. The first-order chi connectivity index (χ1) is 37.9. The van der Waals surface area contributed by atoms with E-state index in [1.807, 2.05) is 6.92 Å². The van der Waals surface area contributed by atoms with E-state index in [2.05, 4.69) is 0 Å². The van der Waals surface area contributed by atoms with Crippen molar-refractivity contribution < 1.29 is 119 Å². The number of ether oxygens (including phenoxy) is 7. The minimum Gasteiger partial charge on any atom is -0.481 e. The first-order valence-corrected chi connectivity index (χ1v) is 29.3. The van der Waals surface area contributed by atoms with Crippen LogP contribution in [0.25, 0.3) is 0 Å². The van der Waals surface area contributed by atoms with Crippen LogP contribution >= 0.6 is 0 Å².